The number of fused-ring (bicyclic) bond motifs is 1. The molecule has 6 nitrogen and oxygen atoms in total. The average molecular weight is 439 g/mol. The number of anilines is 1. The Balaban J connectivity index is 1.94. The Morgan fingerprint density at radius 3 is 2.71 bits per heavy atom. The van der Waals surface area contributed by atoms with Crippen molar-refractivity contribution < 1.29 is 4.79 Å². The molecule has 7 heteroatoms. The van der Waals surface area contributed by atoms with Crippen molar-refractivity contribution in [1.29, 1.82) is 5.26 Å². The third-order valence-electron chi connectivity index (χ3n) is 4.64. The van der Waals surface area contributed by atoms with Crippen LogP contribution in [0.3, 0.4) is 0 Å². The summed E-state index contributed by atoms with van der Waals surface area (Å²) in [5.74, 6) is -0.267. The van der Waals surface area contributed by atoms with Crippen LogP contribution in [-0.4, -0.2) is 22.0 Å². The van der Waals surface area contributed by atoms with Gasteiger partial charge in [0.25, 0.3) is 5.56 Å². The Bertz CT molecular complexity index is 1150. The molecular weight excluding hydrogens is 420 g/mol. The SMILES string of the molecule is Cc1ccc(N(CCC#N)C(=O)Cn2cnc3ccc(Br)cc3c2=O)cc1C. The number of halogens is 1. The predicted molar refractivity (Wildman–Crippen MR) is 112 cm³/mol. The summed E-state index contributed by atoms with van der Waals surface area (Å²) in [6, 6.07) is 13.1. The molecule has 0 aliphatic heterocycles. The largest absolute Gasteiger partial charge is 0.310 e. The first kappa shape index (κ1) is 19.8. The molecule has 0 N–H and O–H groups in total. The average Bonchev–Trinajstić information content (AvgIpc) is 2.67. The minimum absolute atomic E-state index is 0.146. The molecule has 2 aromatic carbocycles. The van der Waals surface area contributed by atoms with Crippen molar-refractivity contribution in [3.8, 4) is 6.07 Å². The van der Waals surface area contributed by atoms with E-state index in [0.29, 0.717) is 16.6 Å². The van der Waals surface area contributed by atoms with E-state index >= 15 is 0 Å². The van der Waals surface area contributed by atoms with E-state index in [1.807, 2.05) is 38.1 Å². The molecule has 0 aliphatic rings. The number of benzene rings is 2. The van der Waals surface area contributed by atoms with Crippen molar-refractivity contribution in [3.05, 3.63) is 68.7 Å². The highest BCUT2D eigenvalue weighted by Gasteiger charge is 2.18. The highest BCUT2D eigenvalue weighted by molar-refractivity contribution is 9.10. The van der Waals surface area contributed by atoms with E-state index < -0.39 is 0 Å². The number of hydrogen-bond donors (Lipinski definition) is 0. The van der Waals surface area contributed by atoms with Crippen molar-refractivity contribution in [3.63, 3.8) is 0 Å². The van der Waals surface area contributed by atoms with Crippen LogP contribution in [0.15, 0.2) is 52.0 Å². The van der Waals surface area contributed by atoms with Gasteiger partial charge in [0.05, 0.1) is 29.7 Å². The quantitative estimate of drug-likeness (QED) is 0.607. The second-order valence-electron chi connectivity index (χ2n) is 6.56. The molecule has 3 aromatic rings. The summed E-state index contributed by atoms with van der Waals surface area (Å²) in [7, 11) is 0. The third kappa shape index (κ3) is 4.12. The molecule has 0 spiro atoms. The Kier molecular flexibility index (Phi) is 5.90. The van der Waals surface area contributed by atoms with E-state index in [-0.39, 0.29) is 31.0 Å². The van der Waals surface area contributed by atoms with Gasteiger partial charge in [0.1, 0.15) is 6.54 Å². The van der Waals surface area contributed by atoms with Crippen LogP contribution in [0, 0.1) is 25.2 Å². The van der Waals surface area contributed by atoms with Crippen molar-refractivity contribution >= 4 is 38.4 Å². The Labute approximate surface area is 171 Å². The van der Waals surface area contributed by atoms with E-state index in [0.717, 1.165) is 15.6 Å². The molecule has 1 aromatic heterocycles. The highest BCUT2D eigenvalue weighted by Crippen LogP contribution is 2.20. The number of rotatable bonds is 5. The van der Waals surface area contributed by atoms with Gasteiger partial charge in [-0.05, 0) is 55.3 Å². The molecule has 0 fully saturated rings. The number of amides is 1. The van der Waals surface area contributed by atoms with Gasteiger partial charge in [0, 0.05) is 16.7 Å². The van der Waals surface area contributed by atoms with E-state index in [1.54, 1.807) is 17.0 Å². The molecule has 3 rings (SSSR count). The molecule has 0 aliphatic carbocycles. The standard InChI is InChI=1S/C21H19BrN4O2/c1-14-4-6-17(10-15(14)2)26(9-3-8-23)20(27)12-25-13-24-19-7-5-16(22)11-18(19)21(25)28/h4-7,10-11,13H,3,9,12H2,1-2H3. The van der Waals surface area contributed by atoms with Gasteiger partial charge >= 0.3 is 0 Å². The maximum atomic E-state index is 13.0. The minimum atomic E-state index is -0.278. The molecule has 0 saturated heterocycles. The lowest BCUT2D eigenvalue weighted by Gasteiger charge is -2.23. The molecule has 0 unspecified atom stereocenters. The van der Waals surface area contributed by atoms with Crippen LogP contribution in [-0.2, 0) is 11.3 Å². The zero-order valence-corrected chi connectivity index (χ0v) is 17.2. The molecule has 1 heterocycles. The monoisotopic (exact) mass is 438 g/mol. The molecule has 1 amide bonds. The lowest BCUT2D eigenvalue weighted by Crippen LogP contribution is -2.37. The van der Waals surface area contributed by atoms with Crippen LogP contribution < -0.4 is 10.5 Å². The van der Waals surface area contributed by atoms with Crippen LogP contribution in [0.1, 0.15) is 17.5 Å². The fourth-order valence-corrected chi connectivity index (χ4v) is 3.29. The summed E-state index contributed by atoms with van der Waals surface area (Å²) in [4.78, 5) is 31.6. The van der Waals surface area contributed by atoms with Gasteiger partial charge in [-0.3, -0.25) is 14.2 Å². The Morgan fingerprint density at radius 2 is 2.00 bits per heavy atom. The molecule has 0 saturated carbocycles. The summed E-state index contributed by atoms with van der Waals surface area (Å²) in [6.07, 6.45) is 1.59. The zero-order chi connectivity index (χ0) is 20.3. The van der Waals surface area contributed by atoms with Crippen LogP contribution in [0.2, 0.25) is 0 Å². The third-order valence-corrected chi connectivity index (χ3v) is 5.14. The maximum absolute atomic E-state index is 13.0. The van der Waals surface area contributed by atoms with Gasteiger partial charge in [0.15, 0.2) is 0 Å². The number of nitrogens with zero attached hydrogens (tertiary/aromatic N) is 4. The van der Waals surface area contributed by atoms with Crippen molar-refractivity contribution in [1.82, 2.24) is 9.55 Å². The van der Waals surface area contributed by atoms with Gasteiger partial charge in [-0.25, -0.2) is 4.98 Å². The topological polar surface area (TPSA) is 79.0 Å². The molecule has 142 valence electrons. The summed E-state index contributed by atoms with van der Waals surface area (Å²) < 4.78 is 2.08. The van der Waals surface area contributed by atoms with Crippen molar-refractivity contribution in [2.24, 2.45) is 0 Å². The van der Waals surface area contributed by atoms with Crippen LogP contribution in [0.4, 0.5) is 5.69 Å². The maximum Gasteiger partial charge on any atom is 0.261 e. The second kappa shape index (κ2) is 8.36. The fraction of sp³-hybridized carbons (Fsp3) is 0.238. The van der Waals surface area contributed by atoms with Crippen LogP contribution in [0.5, 0.6) is 0 Å². The van der Waals surface area contributed by atoms with E-state index in [9.17, 15) is 9.59 Å². The van der Waals surface area contributed by atoms with Crippen LogP contribution >= 0.6 is 15.9 Å². The Morgan fingerprint density at radius 1 is 1.21 bits per heavy atom. The lowest BCUT2D eigenvalue weighted by atomic mass is 10.1. The first-order valence-corrected chi connectivity index (χ1v) is 9.59. The predicted octanol–water partition coefficient (Wildman–Crippen LogP) is 3.72. The van der Waals surface area contributed by atoms with E-state index in [1.165, 1.54) is 10.9 Å². The summed E-state index contributed by atoms with van der Waals surface area (Å²) in [5.41, 5.74) is 3.19. The second-order valence-corrected chi connectivity index (χ2v) is 7.48. The van der Waals surface area contributed by atoms with Gasteiger partial charge in [-0.1, -0.05) is 22.0 Å². The highest BCUT2D eigenvalue weighted by atomic mass is 79.9. The molecule has 28 heavy (non-hydrogen) atoms. The Hall–Kier alpha value is -2.98. The number of aryl methyl sites for hydroxylation is 2. The smallest absolute Gasteiger partial charge is 0.261 e. The molecule has 0 radical (unpaired) electrons. The van der Waals surface area contributed by atoms with Gasteiger partial charge in [-0.2, -0.15) is 5.26 Å². The summed E-state index contributed by atoms with van der Waals surface area (Å²) in [5, 5.41) is 9.41. The number of hydrogen-bond acceptors (Lipinski definition) is 4. The zero-order valence-electron chi connectivity index (χ0n) is 15.6. The summed E-state index contributed by atoms with van der Waals surface area (Å²) in [6.45, 7) is 4.09. The first-order chi connectivity index (χ1) is 13.4. The van der Waals surface area contributed by atoms with Crippen molar-refractivity contribution in [2.75, 3.05) is 11.4 Å². The number of nitriles is 1. The number of aromatic nitrogens is 2. The van der Waals surface area contributed by atoms with Crippen molar-refractivity contribution in [2.45, 2.75) is 26.8 Å². The van der Waals surface area contributed by atoms with E-state index in [4.69, 9.17) is 5.26 Å². The lowest BCUT2D eigenvalue weighted by molar-refractivity contribution is -0.119. The van der Waals surface area contributed by atoms with E-state index in [2.05, 4.69) is 27.0 Å². The molecule has 0 bridgehead atoms. The number of carbonyl (C=O) groups excluding carboxylic acids is 1. The fourth-order valence-electron chi connectivity index (χ4n) is 2.93. The minimum Gasteiger partial charge on any atom is -0.310 e. The normalized spacial score (nSPS) is 10.6. The first-order valence-electron chi connectivity index (χ1n) is 8.80. The van der Waals surface area contributed by atoms with Gasteiger partial charge in [0.2, 0.25) is 5.91 Å². The molecule has 0 atom stereocenters. The molecular formula is C21H19BrN4O2. The van der Waals surface area contributed by atoms with Gasteiger partial charge in [-0.15, -0.1) is 0 Å². The number of carbonyl (C=O) groups is 1. The van der Waals surface area contributed by atoms with Gasteiger partial charge < -0.3 is 4.90 Å². The van der Waals surface area contributed by atoms with Crippen LogP contribution in [0.25, 0.3) is 10.9 Å². The summed E-state index contributed by atoms with van der Waals surface area (Å²) >= 11 is 3.36.